The van der Waals surface area contributed by atoms with Crippen molar-refractivity contribution in [3.8, 4) is 17.0 Å². The highest BCUT2D eigenvalue weighted by molar-refractivity contribution is 7.80. The summed E-state index contributed by atoms with van der Waals surface area (Å²) in [6, 6.07) is 16.9. The van der Waals surface area contributed by atoms with Gasteiger partial charge in [-0.2, -0.15) is 5.10 Å². The summed E-state index contributed by atoms with van der Waals surface area (Å²) in [6.07, 6.45) is 0. The number of methoxy groups -OCH3 is 1. The molecule has 0 atom stereocenters. The van der Waals surface area contributed by atoms with E-state index in [4.69, 9.17) is 28.6 Å². The van der Waals surface area contributed by atoms with Crippen LogP contribution in [0, 0.1) is 0 Å². The molecule has 3 aromatic rings. The van der Waals surface area contributed by atoms with Crippen molar-refractivity contribution in [1.82, 2.24) is 10.2 Å². The summed E-state index contributed by atoms with van der Waals surface area (Å²) in [5.74, 6) is 1.33. The Hall–Kier alpha value is -2.57. The summed E-state index contributed by atoms with van der Waals surface area (Å²) in [7, 11) is 1.61. The van der Waals surface area contributed by atoms with Crippen LogP contribution in [0.25, 0.3) is 11.3 Å². The van der Waals surface area contributed by atoms with E-state index in [2.05, 4.69) is 20.8 Å². The SMILES string of the molecule is COc1ccccc1NC(=S)Nc1cc(-c2ccc(Cl)cc2)[nH]n1. The van der Waals surface area contributed by atoms with E-state index in [9.17, 15) is 0 Å². The molecule has 7 heteroatoms. The number of hydrogen-bond acceptors (Lipinski definition) is 3. The number of thiocarbonyl (C=S) groups is 1. The van der Waals surface area contributed by atoms with Crippen LogP contribution >= 0.6 is 23.8 Å². The van der Waals surface area contributed by atoms with Crippen LogP contribution in [0.15, 0.2) is 54.6 Å². The van der Waals surface area contributed by atoms with Crippen molar-refractivity contribution in [2.24, 2.45) is 0 Å². The lowest BCUT2D eigenvalue weighted by molar-refractivity contribution is 0.417. The molecule has 24 heavy (non-hydrogen) atoms. The van der Waals surface area contributed by atoms with Crippen molar-refractivity contribution in [1.29, 1.82) is 0 Å². The Bertz CT molecular complexity index is 848. The van der Waals surface area contributed by atoms with Crippen molar-refractivity contribution in [3.05, 3.63) is 59.6 Å². The second-order valence-electron chi connectivity index (χ2n) is 4.95. The Morgan fingerprint density at radius 2 is 1.88 bits per heavy atom. The Labute approximate surface area is 150 Å². The number of aromatic amines is 1. The maximum Gasteiger partial charge on any atom is 0.176 e. The molecule has 0 aliphatic heterocycles. The van der Waals surface area contributed by atoms with E-state index in [-0.39, 0.29) is 0 Å². The summed E-state index contributed by atoms with van der Waals surface area (Å²) >= 11 is 11.2. The van der Waals surface area contributed by atoms with E-state index in [1.165, 1.54) is 0 Å². The fourth-order valence-corrected chi connectivity index (χ4v) is 2.52. The van der Waals surface area contributed by atoms with Crippen LogP contribution in [-0.4, -0.2) is 22.4 Å². The average Bonchev–Trinajstić information content (AvgIpc) is 3.04. The fourth-order valence-electron chi connectivity index (χ4n) is 2.18. The number of ether oxygens (including phenoxy) is 1. The van der Waals surface area contributed by atoms with Gasteiger partial charge in [-0.1, -0.05) is 35.9 Å². The van der Waals surface area contributed by atoms with E-state index >= 15 is 0 Å². The van der Waals surface area contributed by atoms with Gasteiger partial charge >= 0.3 is 0 Å². The predicted molar refractivity (Wildman–Crippen MR) is 102 cm³/mol. The second-order valence-corrected chi connectivity index (χ2v) is 5.80. The Balaban J connectivity index is 1.68. The lowest BCUT2D eigenvalue weighted by atomic mass is 10.1. The smallest absolute Gasteiger partial charge is 0.176 e. The molecular formula is C17H15ClN4OS. The molecule has 1 aromatic heterocycles. The molecule has 0 spiro atoms. The molecule has 0 saturated heterocycles. The molecule has 0 aliphatic carbocycles. The number of nitrogens with zero attached hydrogens (tertiary/aromatic N) is 1. The van der Waals surface area contributed by atoms with E-state index < -0.39 is 0 Å². The molecule has 1 heterocycles. The quantitative estimate of drug-likeness (QED) is 0.597. The molecular weight excluding hydrogens is 344 g/mol. The van der Waals surface area contributed by atoms with Crippen LogP contribution in [0.3, 0.4) is 0 Å². The standard InChI is InChI=1S/C17H15ClN4OS/c1-23-15-5-3-2-4-13(15)19-17(24)20-16-10-14(21-22-16)11-6-8-12(18)9-7-11/h2-10H,1H3,(H3,19,20,21,22,24). The first-order valence-corrected chi connectivity index (χ1v) is 7.96. The van der Waals surface area contributed by atoms with Crippen molar-refractivity contribution in [2.75, 3.05) is 17.7 Å². The highest BCUT2D eigenvalue weighted by atomic mass is 35.5. The largest absolute Gasteiger partial charge is 0.495 e. The third-order valence-corrected chi connectivity index (χ3v) is 3.79. The number of nitrogens with one attached hydrogen (secondary N) is 3. The summed E-state index contributed by atoms with van der Waals surface area (Å²) < 4.78 is 5.29. The molecule has 0 saturated carbocycles. The number of aromatic nitrogens is 2. The summed E-state index contributed by atoms with van der Waals surface area (Å²) in [5, 5.41) is 14.4. The van der Waals surface area contributed by atoms with Crippen molar-refractivity contribution < 1.29 is 4.74 Å². The molecule has 0 amide bonds. The normalized spacial score (nSPS) is 10.2. The van der Waals surface area contributed by atoms with E-state index in [1.807, 2.05) is 54.6 Å². The zero-order valence-corrected chi connectivity index (χ0v) is 14.4. The van der Waals surface area contributed by atoms with Crippen LogP contribution in [0.5, 0.6) is 5.75 Å². The number of hydrogen-bond donors (Lipinski definition) is 3. The maximum absolute atomic E-state index is 5.90. The third kappa shape index (κ3) is 3.84. The Kier molecular flexibility index (Phi) is 4.98. The summed E-state index contributed by atoms with van der Waals surface area (Å²) in [5.41, 5.74) is 2.64. The van der Waals surface area contributed by atoms with Gasteiger partial charge in [0.2, 0.25) is 0 Å². The first-order chi connectivity index (χ1) is 11.7. The first-order valence-electron chi connectivity index (χ1n) is 7.18. The van der Waals surface area contributed by atoms with Crippen molar-refractivity contribution in [2.45, 2.75) is 0 Å². The second kappa shape index (κ2) is 7.33. The van der Waals surface area contributed by atoms with Crippen LogP contribution in [0.1, 0.15) is 0 Å². The molecule has 0 radical (unpaired) electrons. The number of H-pyrrole nitrogens is 1. The van der Waals surface area contributed by atoms with Crippen LogP contribution in [0.4, 0.5) is 11.5 Å². The minimum absolute atomic E-state index is 0.425. The molecule has 122 valence electrons. The molecule has 3 N–H and O–H groups in total. The van der Waals surface area contributed by atoms with Gasteiger partial charge in [-0.05, 0) is 42.0 Å². The van der Waals surface area contributed by atoms with E-state index in [0.717, 1.165) is 16.9 Å². The van der Waals surface area contributed by atoms with Gasteiger partial charge in [0.1, 0.15) is 5.75 Å². The number of anilines is 2. The minimum Gasteiger partial charge on any atom is -0.495 e. The van der Waals surface area contributed by atoms with Crippen LogP contribution in [-0.2, 0) is 0 Å². The molecule has 0 aliphatic rings. The van der Waals surface area contributed by atoms with Crippen LogP contribution < -0.4 is 15.4 Å². The Morgan fingerprint density at radius 3 is 2.62 bits per heavy atom. The number of benzene rings is 2. The summed E-state index contributed by atoms with van der Waals surface area (Å²) in [4.78, 5) is 0. The molecule has 0 bridgehead atoms. The molecule has 0 unspecified atom stereocenters. The number of para-hydroxylation sites is 2. The topological polar surface area (TPSA) is 62.0 Å². The van der Waals surface area contributed by atoms with Crippen LogP contribution in [0.2, 0.25) is 5.02 Å². The van der Waals surface area contributed by atoms with Gasteiger partial charge in [0.15, 0.2) is 10.9 Å². The van der Waals surface area contributed by atoms with Crippen molar-refractivity contribution >= 4 is 40.4 Å². The van der Waals surface area contributed by atoms with Gasteiger partial charge in [0.05, 0.1) is 18.5 Å². The first kappa shape index (κ1) is 16.3. The highest BCUT2D eigenvalue weighted by Gasteiger charge is 2.07. The van der Waals surface area contributed by atoms with Gasteiger partial charge in [0, 0.05) is 11.1 Å². The molecule has 5 nitrogen and oxygen atoms in total. The van der Waals surface area contributed by atoms with Gasteiger partial charge in [-0.25, -0.2) is 0 Å². The highest BCUT2D eigenvalue weighted by Crippen LogP contribution is 2.24. The van der Waals surface area contributed by atoms with E-state index in [0.29, 0.717) is 21.7 Å². The lowest BCUT2D eigenvalue weighted by Gasteiger charge is -2.11. The van der Waals surface area contributed by atoms with E-state index in [1.54, 1.807) is 7.11 Å². The van der Waals surface area contributed by atoms with Gasteiger partial charge in [0.25, 0.3) is 0 Å². The minimum atomic E-state index is 0.425. The monoisotopic (exact) mass is 358 g/mol. The molecule has 0 fully saturated rings. The van der Waals surface area contributed by atoms with Gasteiger partial charge in [-0.3, -0.25) is 5.10 Å². The maximum atomic E-state index is 5.90. The zero-order chi connectivity index (χ0) is 16.9. The molecule has 3 rings (SSSR count). The Morgan fingerprint density at radius 1 is 1.12 bits per heavy atom. The predicted octanol–water partition coefficient (Wildman–Crippen LogP) is 4.55. The summed E-state index contributed by atoms with van der Waals surface area (Å²) in [6.45, 7) is 0. The number of rotatable bonds is 4. The van der Waals surface area contributed by atoms with Crippen molar-refractivity contribution in [3.63, 3.8) is 0 Å². The van der Waals surface area contributed by atoms with Gasteiger partial charge in [-0.15, -0.1) is 0 Å². The zero-order valence-electron chi connectivity index (χ0n) is 12.8. The fraction of sp³-hybridized carbons (Fsp3) is 0.0588. The molecule has 2 aromatic carbocycles. The third-order valence-electron chi connectivity index (χ3n) is 3.33. The van der Waals surface area contributed by atoms with Gasteiger partial charge < -0.3 is 15.4 Å². The lowest BCUT2D eigenvalue weighted by Crippen LogP contribution is -2.19. The number of halogens is 1. The average molecular weight is 359 g/mol.